The standard InChI is InChI=1S/2C26H33Si.2CH3.2ClH.Si.Zr/c2*1-26(15-6-5-7-16-26)19-20-17-22-9-8-10-24(25(22)18-20)21-11-13-23(14-12-21)27(2,3)4;;;;;;/h2*8-14,17-18H,5-7,15-16,19H2,1-4H3;2*1H3;2*1H;;/q4*-1;;;;. The summed E-state index contributed by atoms with van der Waals surface area (Å²) in [5, 5.41) is 8.71. The Bertz CT molecular complexity index is 2030. The van der Waals surface area contributed by atoms with E-state index in [4.69, 9.17) is 0 Å². The average molecular weight is 970 g/mol. The minimum absolute atomic E-state index is 0. The molecule has 8 rings (SSSR count). The van der Waals surface area contributed by atoms with Crippen molar-refractivity contribution in [3.05, 3.63) is 135 Å². The molecule has 6 aromatic carbocycles. The molecule has 0 unspecified atom stereocenters. The quantitative estimate of drug-likeness (QED) is 0.105. The van der Waals surface area contributed by atoms with Gasteiger partial charge >= 0.3 is 30.2 Å². The van der Waals surface area contributed by atoms with Crippen LogP contribution in [0.2, 0.25) is 39.3 Å². The zero-order valence-electron chi connectivity index (χ0n) is 38.7. The van der Waals surface area contributed by atoms with E-state index in [1.54, 1.807) is 0 Å². The van der Waals surface area contributed by atoms with Gasteiger partial charge in [-0.15, -0.1) is 93.9 Å². The zero-order valence-corrected chi connectivity index (χ0v) is 45.8. The van der Waals surface area contributed by atoms with Gasteiger partial charge in [-0.2, -0.15) is 12.1 Å². The second-order valence-corrected chi connectivity index (χ2v) is 30.2. The van der Waals surface area contributed by atoms with E-state index >= 15 is 0 Å². The number of rotatable bonds is 8. The van der Waals surface area contributed by atoms with Gasteiger partial charge in [0.2, 0.25) is 0 Å². The van der Waals surface area contributed by atoms with Gasteiger partial charge in [0, 0.05) is 0 Å². The van der Waals surface area contributed by atoms with Gasteiger partial charge in [-0.1, -0.05) is 174 Å². The molecule has 2 aliphatic rings. The Kier molecular flexibility index (Phi) is 21.0. The van der Waals surface area contributed by atoms with Crippen molar-refractivity contribution < 1.29 is 23.3 Å². The van der Waals surface area contributed by atoms with Crippen molar-refractivity contribution in [2.45, 2.75) is 130 Å². The van der Waals surface area contributed by atoms with Crippen LogP contribution in [0.3, 0.4) is 0 Å². The van der Waals surface area contributed by atoms with E-state index in [1.165, 1.54) is 166 Å². The molecule has 0 amide bonds. The summed E-state index contributed by atoms with van der Waals surface area (Å²) in [5.74, 6) is 0. The van der Waals surface area contributed by atoms with Crippen LogP contribution < -0.4 is 10.4 Å². The Balaban J connectivity index is 0.000000373. The molecule has 6 aromatic rings. The summed E-state index contributed by atoms with van der Waals surface area (Å²) in [7, 11) is -2.48. The van der Waals surface area contributed by atoms with Crippen molar-refractivity contribution in [1.29, 1.82) is 0 Å². The fourth-order valence-electron chi connectivity index (χ4n) is 9.75. The van der Waals surface area contributed by atoms with Gasteiger partial charge in [-0.05, 0) is 60.5 Å². The van der Waals surface area contributed by atoms with Crippen LogP contribution in [0.4, 0.5) is 0 Å². The molecule has 2 aliphatic carbocycles. The maximum atomic E-state index is 3.06. The zero-order chi connectivity index (χ0) is 40.1. The Labute approximate surface area is 398 Å². The fraction of sp³-hybridized carbons (Fsp3) is 0.407. The van der Waals surface area contributed by atoms with E-state index in [2.05, 4.69) is 169 Å². The Morgan fingerprint density at radius 2 is 0.817 bits per heavy atom. The molecule has 60 heavy (non-hydrogen) atoms. The van der Waals surface area contributed by atoms with E-state index < -0.39 is 16.1 Å². The maximum absolute atomic E-state index is 3.06. The summed E-state index contributed by atoms with van der Waals surface area (Å²) in [4.78, 5) is 0. The van der Waals surface area contributed by atoms with Crippen LogP contribution in [0.25, 0.3) is 43.8 Å². The van der Waals surface area contributed by atoms with Crippen molar-refractivity contribution in [2.24, 2.45) is 10.8 Å². The monoisotopic (exact) mass is 966 g/mol. The van der Waals surface area contributed by atoms with Crippen LogP contribution in [0.5, 0.6) is 0 Å². The van der Waals surface area contributed by atoms with Crippen LogP contribution in [0, 0.1) is 25.7 Å². The first-order chi connectivity index (χ1) is 26.7. The molecule has 324 valence electrons. The summed E-state index contributed by atoms with van der Waals surface area (Å²) in [5.41, 5.74) is 9.53. The molecule has 0 bridgehead atoms. The summed E-state index contributed by atoms with van der Waals surface area (Å²) in [6, 6.07) is 42.1. The molecule has 0 atom stereocenters. The topological polar surface area (TPSA) is 0 Å². The molecule has 0 spiro atoms. The molecule has 0 aliphatic heterocycles. The van der Waals surface area contributed by atoms with Crippen molar-refractivity contribution in [1.82, 2.24) is 0 Å². The van der Waals surface area contributed by atoms with Crippen molar-refractivity contribution >= 4 is 79.8 Å². The average Bonchev–Trinajstić information content (AvgIpc) is 3.78. The predicted octanol–water partition coefficient (Wildman–Crippen LogP) is 15.9. The van der Waals surface area contributed by atoms with Gasteiger partial charge in [0.1, 0.15) is 0 Å². The predicted molar refractivity (Wildman–Crippen MR) is 279 cm³/mol. The van der Waals surface area contributed by atoms with Crippen molar-refractivity contribution in [3.63, 3.8) is 0 Å². The summed E-state index contributed by atoms with van der Waals surface area (Å²) < 4.78 is 0. The molecule has 6 heteroatoms. The van der Waals surface area contributed by atoms with Gasteiger partial charge in [-0.25, -0.2) is 0 Å². The SMILES string of the molecule is CC1(Cc2cc3c(-c4ccc([Si](C)(C)C)cc4)cccc3[cH-]2)CCCCC1.CC1(Cc2cc3c(-c4ccc([Si](C)(C)C)cc4)cccc3[cH-]2)CCCCC1.Cl.Cl.[CH3-].[CH3-].[Si]=[Zr]. The first-order valence-corrected chi connectivity index (χ1v) is 32.7. The number of halogens is 2. The third kappa shape index (κ3) is 13.6. The van der Waals surface area contributed by atoms with E-state index in [-0.39, 0.29) is 39.7 Å². The number of hydrogen-bond donors (Lipinski definition) is 0. The third-order valence-electron chi connectivity index (χ3n) is 13.1. The molecule has 2 radical (unpaired) electrons. The molecular formula is C54H74Cl2Si3Zr-4. The Hall–Kier alpha value is -1.79. The first kappa shape index (κ1) is 54.3. The second kappa shape index (κ2) is 23.2. The van der Waals surface area contributed by atoms with Crippen LogP contribution in [-0.2, 0) is 36.2 Å². The molecule has 0 saturated heterocycles. The number of benzene rings is 4. The van der Waals surface area contributed by atoms with E-state index in [0.717, 1.165) is 0 Å². The van der Waals surface area contributed by atoms with Gasteiger partial charge in [0.15, 0.2) is 0 Å². The van der Waals surface area contributed by atoms with Gasteiger partial charge < -0.3 is 14.9 Å². The molecule has 0 aromatic heterocycles. The Morgan fingerprint density at radius 3 is 1.12 bits per heavy atom. The van der Waals surface area contributed by atoms with Crippen LogP contribution in [0.1, 0.15) is 89.2 Å². The van der Waals surface area contributed by atoms with Gasteiger partial charge in [0.25, 0.3) is 0 Å². The molecule has 0 nitrogen and oxygen atoms in total. The van der Waals surface area contributed by atoms with Gasteiger partial charge in [-0.3, -0.25) is 0 Å². The molecular weight excluding hydrogens is 895 g/mol. The van der Waals surface area contributed by atoms with Crippen molar-refractivity contribution in [2.75, 3.05) is 0 Å². The molecule has 2 fully saturated rings. The normalized spacial score (nSPS) is 15.7. The van der Waals surface area contributed by atoms with Crippen LogP contribution >= 0.6 is 24.8 Å². The fourth-order valence-corrected chi connectivity index (χ4v) is 12.1. The number of fused-ring (bicyclic) bond motifs is 2. The van der Waals surface area contributed by atoms with Gasteiger partial charge in [0.05, 0.1) is 16.1 Å². The summed E-state index contributed by atoms with van der Waals surface area (Å²) in [6.45, 7) is 22.6. The second-order valence-electron chi connectivity index (χ2n) is 20.1. The third-order valence-corrected chi connectivity index (χ3v) is 17.3. The van der Waals surface area contributed by atoms with Crippen LogP contribution in [0.15, 0.2) is 109 Å². The first-order valence-electron chi connectivity index (χ1n) is 21.5. The minimum atomic E-state index is -1.24. The van der Waals surface area contributed by atoms with E-state index in [0.29, 0.717) is 10.8 Å². The summed E-state index contributed by atoms with van der Waals surface area (Å²) in [6.07, 6.45) is 16.5. The Morgan fingerprint density at radius 1 is 0.500 bits per heavy atom. The number of hydrogen-bond acceptors (Lipinski definition) is 0. The van der Waals surface area contributed by atoms with Crippen molar-refractivity contribution in [3.8, 4) is 22.3 Å². The van der Waals surface area contributed by atoms with E-state index in [9.17, 15) is 0 Å². The van der Waals surface area contributed by atoms with Crippen LogP contribution in [-0.4, -0.2) is 23.0 Å². The molecule has 0 N–H and O–H groups in total. The van der Waals surface area contributed by atoms with E-state index in [1.807, 2.05) is 0 Å². The summed E-state index contributed by atoms with van der Waals surface area (Å²) >= 11 is 1.36. The molecule has 0 heterocycles. The molecule has 2 saturated carbocycles.